The summed E-state index contributed by atoms with van der Waals surface area (Å²) in [6.07, 6.45) is 0.468. The van der Waals surface area contributed by atoms with Crippen LogP contribution in [0.2, 0.25) is 0 Å². The molecule has 0 atom stereocenters. The number of rotatable bonds is 6. The summed E-state index contributed by atoms with van der Waals surface area (Å²) < 4.78 is 32.5. The van der Waals surface area contributed by atoms with Crippen molar-refractivity contribution < 1.29 is 22.9 Å². The van der Waals surface area contributed by atoms with Gasteiger partial charge in [0, 0.05) is 37.8 Å². The highest BCUT2D eigenvalue weighted by Gasteiger charge is 2.29. The number of carbonyl (C=O) groups is 1. The lowest BCUT2D eigenvalue weighted by molar-refractivity contribution is -0.385. The number of hydrogen-bond donors (Lipinski definition) is 0. The molecule has 0 bridgehead atoms. The molecule has 9 nitrogen and oxygen atoms in total. The molecule has 2 aromatic carbocycles. The molecule has 1 saturated heterocycles. The monoisotopic (exact) mass is 447 g/mol. The lowest BCUT2D eigenvalue weighted by Crippen LogP contribution is -2.37. The van der Waals surface area contributed by atoms with Gasteiger partial charge in [-0.1, -0.05) is 17.7 Å². The summed E-state index contributed by atoms with van der Waals surface area (Å²) in [6.45, 7) is 4.88. The van der Waals surface area contributed by atoms with Gasteiger partial charge in [0.25, 0.3) is 5.91 Å². The minimum Gasteiger partial charge on any atom is -0.487 e. The number of sulfonamides is 1. The van der Waals surface area contributed by atoms with Crippen LogP contribution in [0.1, 0.15) is 29.3 Å². The lowest BCUT2D eigenvalue weighted by Gasteiger charge is -2.22. The van der Waals surface area contributed by atoms with Gasteiger partial charge in [-0.25, -0.2) is 8.42 Å². The van der Waals surface area contributed by atoms with E-state index in [0.29, 0.717) is 19.5 Å². The topological polar surface area (TPSA) is 110 Å². The van der Waals surface area contributed by atoms with Crippen LogP contribution in [0.15, 0.2) is 47.4 Å². The number of nitrogens with zero attached hydrogens (tertiary/aromatic N) is 3. The van der Waals surface area contributed by atoms with Gasteiger partial charge in [-0.15, -0.1) is 0 Å². The highest BCUT2D eigenvalue weighted by molar-refractivity contribution is 7.89. The number of nitro benzene ring substituents is 1. The Balaban J connectivity index is 1.76. The quantitative estimate of drug-likeness (QED) is 0.497. The Labute approximate surface area is 181 Å². The number of benzene rings is 2. The predicted octanol–water partition coefficient (Wildman–Crippen LogP) is 2.84. The molecule has 0 spiro atoms. The van der Waals surface area contributed by atoms with Crippen LogP contribution < -0.4 is 4.74 Å². The zero-order chi connectivity index (χ0) is 22.6. The SMILES string of the molecule is CCOc1ccc(C(=O)N2CCCN(S(=O)(=O)c3ccc(C)cc3)CC2)cc1[N+](=O)[O-]. The fourth-order valence-corrected chi connectivity index (χ4v) is 4.92. The van der Waals surface area contributed by atoms with Gasteiger partial charge >= 0.3 is 5.69 Å². The average Bonchev–Trinajstić information content (AvgIpc) is 3.01. The van der Waals surface area contributed by atoms with Gasteiger partial charge in [-0.3, -0.25) is 14.9 Å². The Hall–Kier alpha value is -2.98. The van der Waals surface area contributed by atoms with Crippen LogP contribution in [-0.4, -0.2) is 61.2 Å². The van der Waals surface area contributed by atoms with Crippen molar-refractivity contribution in [3.63, 3.8) is 0 Å². The predicted molar refractivity (Wildman–Crippen MR) is 115 cm³/mol. The van der Waals surface area contributed by atoms with Gasteiger partial charge in [0.15, 0.2) is 5.75 Å². The summed E-state index contributed by atoms with van der Waals surface area (Å²) in [5, 5.41) is 11.3. The lowest BCUT2D eigenvalue weighted by atomic mass is 10.1. The van der Waals surface area contributed by atoms with Crippen molar-refractivity contribution in [2.75, 3.05) is 32.8 Å². The van der Waals surface area contributed by atoms with Crippen LogP contribution >= 0.6 is 0 Å². The molecule has 166 valence electrons. The molecule has 0 radical (unpaired) electrons. The second-order valence-corrected chi connectivity index (χ2v) is 9.17. The average molecular weight is 448 g/mol. The van der Waals surface area contributed by atoms with E-state index in [1.54, 1.807) is 31.2 Å². The van der Waals surface area contributed by atoms with Gasteiger partial charge in [-0.05, 0) is 44.5 Å². The van der Waals surface area contributed by atoms with Crippen LogP contribution in [-0.2, 0) is 10.0 Å². The highest BCUT2D eigenvalue weighted by atomic mass is 32.2. The van der Waals surface area contributed by atoms with Crippen molar-refractivity contribution in [1.29, 1.82) is 0 Å². The molecule has 1 aliphatic heterocycles. The maximum Gasteiger partial charge on any atom is 0.311 e. The third kappa shape index (κ3) is 5.02. The van der Waals surface area contributed by atoms with E-state index in [0.717, 1.165) is 5.56 Å². The largest absolute Gasteiger partial charge is 0.487 e. The standard InChI is InChI=1S/C21H25N3O6S/c1-3-30-20-10-7-17(15-19(20)24(26)27)21(25)22-11-4-12-23(14-13-22)31(28,29)18-8-5-16(2)6-9-18/h5-10,15H,3-4,11-14H2,1-2H3. The van der Waals surface area contributed by atoms with E-state index < -0.39 is 14.9 Å². The van der Waals surface area contributed by atoms with E-state index in [2.05, 4.69) is 0 Å². The summed E-state index contributed by atoms with van der Waals surface area (Å²) in [6, 6.07) is 10.8. The van der Waals surface area contributed by atoms with Crippen molar-refractivity contribution in [2.45, 2.75) is 25.2 Å². The van der Waals surface area contributed by atoms with E-state index in [1.165, 1.54) is 27.4 Å². The first-order valence-electron chi connectivity index (χ1n) is 10.0. The Kier molecular flexibility index (Phi) is 6.91. The first kappa shape index (κ1) is 22.7. The third-order valence-electron chi connectivity index (χ3n) is 5.10. The molecule has 3 rings (SSSR count). The van der Waals surface area contributed by atoms with Crippen molar-refractivity contribution in [3.05, 3.63) is 63.7 Å². The number of nitro groups is 1. The fourth-order valence-electron chi connectivity index (χ4n) is 3.45. The van der Waals surface area contributed by atoms with Crippen molar-refractivity contribution >= 4 is 21.6 Å². The summed E-state index contributed by atoms with van der Waals surface area (Å²) in [7, 11) is -3.66. The molecular formula is C21H25N3O6S. The smallest absolute Gasteiger partial charge is 0.311 e. The van der Waals surface area contributed by atoms with Gasteiger partial charge in [0.1, 0.15) is 0 Å². The van der Waals surface area contributed by atoms with Gasteiger partial charge < -0.3 is 9.64 Å². The van der Waals surface area contributed by atoms with Crippen LogP contribution in [0.25, 0.3) is 0 Å². The molecular weight excluding hydrogens is 422 g/mol. The maximum absolute atomic E-state index is 13.0. The summed E-state index contributed by atoms with van der Waals surface area (Å²) in [5.41, 5.74) is 0.868. The Morgan fingerprint density at radius 1 is 1.10 bits per heavy atom. The molecule has 0 aromatic heterocycles. The minimum absolute atomic E-state index is 0.107. The van der Waals surface area contributed by atoms with Crippen molar-refractivity contribution in [2.24, 2.45) is 0 Å². The first-order chi connectivity index (χ1) is 14.7. The molecule has 1 heterocycles. The van der Waals surface area contributed by atoms with E-state index in [1.807, 2.05) is 6.92 Å². The number of carbonyl (C=O) groups excluding carboxylic acids is 1. The molecule has 10 heteroatoms. The molecule has 0 saturated carbocycles. The minimum atomic E-state index is -3.66. The Morgan fingerprint density at radius 3 is 2.45 bits per heavy atom. The molecule has 2 aromatic rings. The Bertz CT molecular complexity index is 1070. The molecule has 0 N–H and O–H groups in total. The van der Waals surface area contributed by atoms with Gasteiger partial charge in [-0.2, -0.15) is 4.31 Å². The molecule has 0 aliphatic carbocycles. The third-order valence-corrected chi connectivity index (χ3v) is 7.02. The zero-order valence-corrected chi connectivity index (χ0v) is 18.3. The van der Waals surface area contributed by atoms with Gasteiger partial charge in [0.2, 0.25) is 10.0 Å². The normalized spacial score (nSPS) is 15.4. The van der Waals surface area contributed by atoms with Crippen LogP contribution in [0.4, 0.5) is 5.69 Å². The summed E-state index contributed by atoms with van der Waals surface area (Å²) in [5.74, 6) is -0.268. The second-order valence-electron chi connectivity index (χ2n) is 7.24. The molecule has 1 aliphatic rings. The number of hydrogen-bond acceptors (Lipinski definition) is 6. The van der Waals surface area contributed by atoms with Crippen LogP contribution in [0, 0.1) is 17.0 Å². The molecule has 0 unspecified atom stereocenters. The highest BCUT2D eigenvalue weighted by Crippen LogP contribution is 2.29. The van der Waals surface area contributed by atoms with Crippen LogP contribution in [0.5, 0.6) is 5.75 Å². The van der Waals surface area contributed by atoms with E-state index in [9.17, 15) is 23.3 Å². The second kappa shape index (κ2) is 9.44. The van der Waals surface area contributed by atoms with E-state index in [-0.39, 0.29) is 47.5 Å². The van der Waals surface area contributed by atoms with E-state index >= 15 is 0 Å². The number of amides is 1. The fraction of sp³-hybridized carbons (Fsp3) is 0.381. The van der Waals surface area contributed by atoms with Crippen LogP contribution in [0.3, 0.4) is 0 Å². The molecule has 1 amide bonds. The van der Waals surface area contributed by atoms with Crippen molar-refractivity contribution in [3.8, 4) is 5.75 Å². The van der Waals surface area contributed by atoms with Crippen molar-refractivity contribution in [1.82, 2.24) is 9.21 Å². The number of aryl methyl sites for hydroxylation is 1. The maximum atomic E-state index is 13.0. The zero-order valence-electron chi connectivity index (χ0n) is 17.5. The summed E-state index contributed by atoms with van der Waals surface area (Å²) in [4.78, 5) is 25.5. The Morgan fingerprint density at radius 2 is 1.81 bits per heavy atom. The molecule has 31 heavy (non-hydrogen) atoms. The number of ether oxygens (including phenoxy) is 1. The molecule has 1 fully saturated rings. The van der Waals surface area contributed by atoms with Gasteiger partial charge in [0.05, 0.1) is 16.4 Å². The first-order valence-corrected chi connectivity index (χ1v) is 11.5. The summed E-state index contributed by atoms with van der Waals surface area (Å²) >= 11 is 0. The van der Waals surface area contributed by atoms with E-state index in [4.69, 9.17) is 4.74 Å².